The summed E-state index contributed by atoms with van der Waals surface area (Å²) in [7, 11) is 1.68. The van der Waals surface area contributed by atoms with Crippen LogP contribution in [0.15, 0.2) is 6.20 Å². The highest BCUT2D eigenvalue weighted by molar-refractivity contribution is 5.92. The number of aliphatic carboxylic acids is 1. The minimum absolute atomic E-state index is 0.246. The number of carbonyl (C=O) groups excluding carboxylic acids is 1. The van der Waals surface area contributed by atoms with Crippen molar-refractivity contribution in [1.82, 2.24) is 19.9 Å². The molecule has 0 spiro atoms. The molecule has 2 heterocycles. The predicted molar refractivity (Wildman–Crippen MR) is 57.3 cm³/mol. The molecule has 1 aliphatic rings. The Hall–Kier alpha value is -1.92. The molecule has 1 amide bonds. The van der Waals surface area contributed by atoms with E-state index in [-0.39, 0.29) is 18.1 Å². The van der Waals surface area contributed by atoms with E-state index in [1.165, 1.54) is 15.8 Å². The lowest BCUT2D eigenvalue weighted by molar-refractivity contribution is -0.143. The third-order valence-corrected chi connectivity index (χ3v) is 2.88. The topological polar surface area (TPSA) is 88.3 Å². The van der Waals surface area contributed by atoms with E-state index in [2.05, 4.69) is 10.3 Å². The van der Waals surface area contributed by atoms with Crippen molar-refractivity contribution in [2.24, 2.45) is 13.0 Å². The van der Waals surface area contributed by atoms with Crippen LogP contribution >= 0.6 is 0 Å². The van der Waals surface area contributed by atoms with Crippen molar-refractivity contribution in [3.05, 3.63) is 11.9 Å². The fraction of sp³-hybridized carbons (Fsp3) is 0.600. The summed E-state index contributed by atoms with van der Waals surface area (Å²) in [5.41, 5.74) is 0.263. The molecule has 0 aliphatic carbocycles. The average Bonchev–Trinajstić information content (AvgIpc) is 2.75. The van der Waals surface area contributed by atoms with E-state index in [1.807, 2.05) is 0 Å². The summed E-state index contributed by atoms with van der Waals surface area (Å²) in [6.07, 6.45) is 2.87. The highest BCUT2D eigenvalue weighted by Gasteiger charge is 2.29. The smallest absolute Gasteiger partial charge is 0.308 e. The van der Waals surface area contributed by atoms with Crippen LogP contribution in [0.25, 0.3) is 0 Å². The van der Waals surface area contributed by atoms with E-state index in [0.717, 1.165) is 0 Å². The van der Waals surface area contributed by atoms with Crippen LogP contribution in [0.2, 0.25) is 0 Å². The molecule has 1 fully saturated rings. The maximum atomic E-state index is 12.0. The molecular formula is C10H14N4O3. The van der Waals surface area contributed by atoms with Crippen LogP contribution in [0.5, 0.6) is 0 Å². The first-order chi connectivity index (χ1) is 8.08. The molecule has 1 N–H and O–H groups in total. The zero-order valence-electron chi connectivity index (χ0n) is 9.54. The van der Waals surface area contributed by atoms with Gasteiger partial charge in [-0.3, -0.25) is 14.3 Å². The summed E-state index contributed by atoms with van der Waals surface area (Å²) in [5, 5.41) is 16.4. The number of rotatable bonds is 2. The van der Waals surface area contributed by atoms with Gasteiger partial charge in [-0.05, 0) is 12.8 Å². The lowest BCUT2D eigenvalue weighted by Crippen LogP contribution is -2.42. The normalized spacial score (nSPS) is 20.3. The van der Waals surface area contributed by atoms with E-state index in [0.29, 0.717) is 19.4 Å². The molecule has 0 aromatic carbocycles. The van der Waals surface area contributed by atoms with Crippen LogP contribution in [0.4, 0.5) is 0 Å². The van der Waals surface area contributed by atoms with Crippen LogP contribution in [-0.4, -0.2) is 50.0 Å². The summed E-state index contributed by atoms with van der Waals surface area (Å²) < 4.78 is 1.45. The number of carbonyl (C=O) groups is 2. The third kappa shape index (κ3) is 2.43. The summed E-state index contributed by atoms with van der Waals surface area (Å²) in [4.78, 5) is 24.4. The van der Waals surface area contributed by atoms with Crippen LogP contribution in [0.3, 0.4) is 0 Å². The Morgan fingerprint density at radius 2 is 2.29 bits per heavy atom. The van der Waals surface area contributed by atoms with E-state index in [1.54, 1.807) is 7.05 Å². The van der Waals surface area contributed by atoms with Gasteiger partial charge in [0.05, 0.1) is 12.1 Å². The predicted octanol–water partition coefficient (Wildman–Crippen LogP) is -0.248. The SMILES string of the molecule is Cn1cc(C(=O)N2CCC[C@H](C(=O)O)C2)nn1. The summed E-state index contributed by atoms with van der Waals surface area (Å²) in [5.74, 6) is -1.56. The van der Waals surface area contributed by atoms with Crippen molar-refractivity contribution in [3.8, 4) is 0 Å². The van der Waals surface area contributed by atoms with Gasteiger partial charge in [0.15, 0.2) is 5.69 Å². The number of aromatic nitrogens is 3. The maximum Gasteiger partial charge on any atom is 0.308 e. The van der Waals surface area contributed by atoms with E-state index >= 15 is 0 Å². The monoisotopic (exact) mass is 238 g/mol. The molecule has 17 heavy (non-hydrogen) atoms. The Balaban J connectivity index is 2.07. The van der Waals surface area contributed by atoms with E-state index < -0.39 is 11.9 Å². The first-order valence-corrected chi connectivity index (χ1v) is 5.46. The van der Waals surface area contributed by atoms with Gasteiger partial charge in [-0.25, -0.2) is 0 Å². The number of aryl methyl sites for hydroxylation is 1. The Labute approximate surface area is 98.0 Å². The molecule has 0 unspecified atom stereocenters. The standard InChI is InChI=1S/C10H14N4O3/c1-13-6-8(11-12-13)9(15)14-4-2-3-7(5-14)10(16)17/h6-7H,2-5H2,1H3,(H,16,17)/t7-/m0/s1. The minimum Gasteiger partial charge on any atom is -0.481 e. The second kappa shape index (κ2) is 4.52. The largest absolute Gasteiger partial charge is 0.481 e. The van der Waals surface area contributed by atoms with Gasteiger partial charge in [-0.1, -0.05) is 5.21 Å². The van der Waals surface area contributed by atoms with Gasteiger partial charge < -0.3 is 10.0 Å². The molecule has 2 rings (SSSR count). The van der Waals surface area contributed by atoms with Crippen molar-refractivity contribution in [3.63, 3.8) is 0 Å². The van der Waals surface area contributed by atoms with Crippen molar-refractivity contribution in [1.29, 1.82) is 0 Å². The molecule has 1 aromatic rings. The molecule has 1 aliphatic heterocycles. The van der Waals surface area contributed by atoms with Gasteiger partial charge in [0.25, 0.3) is 5.91 Å². The summed E-state index contributed by atoms with van der Waals surface area (Å²) in [6.45, 7) is 0.837. The number of likely N-dealkylation sites (tertiary alicyclic amines) is 1. The van der Waals surface area contributed by atoms with Crippen LogP contribution < -0.4 is 0 Å². The second-order valence-corrected chi connectivity index (χ2v) is 4.21. The molecule has 0 saturated carbocycles. The number of carboxylic acid groups (broad SMARTS) is 1. The van der Waals surface area contributed by atoms with Crippen molar-refractivity contribution >= 4 is 11.9 Å². The Morgan fingerprint density at radius 1 is 1.53 bits per heavy atom. The first kappa shape index (κ1) is 11.6. The molecule has 1 atom stereocenters. The highest BCUT2D eigenvalue weighted by Crippen LogP contribution is 2.18. The molecule has 1 saturated heterocycles. The van der Waals surface area contributed by atoms with Gasteiger partial charge in [0.1, 0.15) is 0 Å². The highest BCUT2D eigenvalue weighted by atomic mass is 16.4. The van der Waals surface area contributed by atoms with Gasteiger partial charge in [-0.2, -0.15) is 0 Å². The maximum absolute atomic E-state index is 12.0. The summed E-state index contributed by atoms with van der Waals surface area (Å²) in [6, 6.07) is 0. The molecule has 1 aromatic heterocycles. The zero-order chi connectivity index (χ0) is 12.4. The van der Waals surface area contributed by atoms with Gasteiger partial charge >= 0.3 is 5.97 Å². The van der Waals surface area contributed by atoms with Gasteiger partial charge in [0, 0.05) is 20.1 Å². The second-order valence-electron chi connectivity index (χ2n) is 4.21. The summed E-state index contributed by atoms with van der Waals surface area (Å²) >= 11 is 0. The lowest BCUT2D eigenvalue weighted by Gasteiger charge is -2.29. The van der Waals surface area contributed by atoms with Crippen molar-refractivity contribution in [2.75, 3.05) is 13.1 Å². The van der Waals surface area contributed by atoms with Crippen molar-refractivity contribution in [2.45, 2.75) is 12.8 Å². The van der Waals surface area contributed by atoms with Gasteiger partial charge in [0.2, 0.25) is 0 Å². The first-order valence-electron chi connectivity index (χ1n) is 5.46. The number of hydrogen-bond acceptors (Lipinski definition) is 4. The molecule has 92 valence electrons. The molecule has 7 nitrogen and oxygen atoms in total. The molecular weight excluding hydrogens is 224 g/mol. The third-order valence-electron chi connectivity index (χ3n) is 2.88. The number of nitrogens with zero attached hydrogens (tertiary/aromatic N) is 4. The van der Waals surface area contributed by atoms with Crippen molar-refractivity contribution < 1.29 is 14.7 Å². The molecule has 0 bridgehead atoms. The quantitative estimate of drug-likeness (QED) is 0.767. The van der Waals surface area contributed by atoms with Crippen LogP contribution in [-0.2, 0) is 11.8 Å². The Bertz CT molecular complexity index is 443. The lowest BCUT2D eigenvalue weighted by atomic mass is 9.98. The number of carboxylic acids is 1. The minimum atomic E-state index is -0.846. The molecule has 7 heteroatoms. The fourth-order valence-corrected chi connectivity index (χ4v) is 1.97. The Kier molecular flexibility index (Phi) is 3.08. The average molecular weight is 238 g/mol. The van der Waals surface area contributed by atoms with E-state index in [4.69, 9.17) is 5.11 Å². The van der Waals surface area contributed by atoms with E-state index in [9.17, 15) is 9.59 Å². The number of piperidine rings is 1. The fourth-order valence-electron chi connectivity index (χ4n) is 1.97. The zero-order valence-corrected chi connectivity index (χ0v) is 9.54. The number of amides is 1. The number of hydrogen-bond donors (Lipinski definition) is 1. The Morgan fingerprint density at radius 3 is 2.88 bits per heavy atom. The van der Waals surface area contributed by atoms with Crippen LogP contribution in [0, 0.1) is 5.92 Å². The van der Waals surface area contributed by atoms with Gasteiger partial charge in [-0.15, -0.1) is 5.10 Å². The molecule has 0 radical (unpaired) electrons. The van der Waals surface area contributed by atoms with Crippen LogP contribution in [0.1, 0.15) is 23.3 Å².